The van der Waals surface area contributed by atoms with Gasteiger partial charge in [-0.15, -0.1) is 0 Å². The number of carbonyl (C=O) groups excluding carboxylic acids is 2. The van der Waals surface area contributed by atoms with Crippen LogP contribution in [0.4, 0.5) is 0 Å². The third kappa shape index (κ3) is 48.5. The van der Waals surface area contributed by atoms with Crippen molar-refractivity contribution in [3.63, 3.8) is 0 Å². The smallest absolute Gasteiger partial charge is 0.306 e. The molecule has 1 amide bonds. The van der Waals surface area contributed by atoms with Crippen LogP contribution in [-0.4, -0.2) is 46.9 Å². The molecule has 0 rings (SSSR count). The number of nitrogens with one attached hydrogen (secondary N) is 1. The fourth-order valence-electron chi connectivity index (χ4n) is 9.03. The van der Waals surface area contributed by atoms with Gasteiger partial charge in [0.1, 0.15) is 6.10 Å². The number of rotatable bonds is 53. The van der Waals surface area contributed by atoms with Crippen molar-refractivity contribution < 1.29 is 24.5 Å². The summed E-state index contributed by atoms with van der Waals surface area (Å²) < 4.78 is 5.97. The zero-order valence-corrected chi connectivity index (χ0v) is 44.3. The molecule has 0 radical (unpaired) electrons. The molecule has 0 saturated carbocycles. The number of amides is 1. The Balaban J connectivity index is 4.55. The summed E-state index contributed by atoms with van der Waals surface area (Å²) in [5.41, 5.74) is 0. The highest BCUT2D eigenvalue weighted by Gasteiger charge is 2.24. The summed E-state index contributed by atoms with van der Waals surface area (Å²) in [6, 6.07) is -0.701. The van der Waals surface area contributed by atoms with Crippen LogP contribution in [0, 0.1) is 0 Å². The Bertz CT molecular complexity index is 1090. The number of esters is 1. The van der Waals surface area contributed by atoms with Crippen molar-refractivity contribution in [1.29, 1.82) is 0 Å². The second-order valence-corrected chi connectivity index (χ2v) is 20.1. The van der Waals surface area contributed by atoms with Crippen LogP contribution in [0.25, 0.3) is 0 Å². The van der Waals surface area contributed by atoms with Crippen LogP contribution < -0.4 is 5.32 Å². The topological polar surface area (TPSA) is 95.9 Å². The standard InChI is InChI=1S/C60H113NO5/c1-4-7-10-13-16-19-22-25-27-29-30-31-33-35-38-41-44-47-50-53-60(65)66-56(51-48-45-42-39-36-34-32-28-26-23-20-17-14-11-8-5-2)54-59(64)61-57(55-62)58(63)52-49-46-43-40-37-24-21-18-15-12-9-6-3/h16,19,25,27,30-31,56-58,62-63H,4-15,17-18,20-24,26,28-29,32-55H2,1-3H3,(H,61,64)/b19-16-,27-25-,31-30-. The molecule has 388 valence electrons. The first-order chi connectivity index (χ1) is 32.5. The van der Waals surface area contributed by atoms with Crippen molar-refractivity contribution in [2.24, 2.45) is 0 Å². The first-order valence-corrected chi connectivity index (χ1v) is 29.2. The van der Waals surface area contributed by atoms with Gasteiger partial charge in [0.15, 0.2) is 0 Å². The quantitative estimate of drug-likeness (QED) is 0.0321. The average molecular weight is 929 g/mol. The molecule has 0 saturated heterocycles. The van der Waals surface area contributed by atoms with Gasteiger partial charge in [-0.1, -0.05) is 269 Å². The van der Waals surface area contributed by atoms with Crippen LogP contribution >= 0.6 is 0 Å². The maximum Gasteiger partial charge on any atom is 0.306 e. The summed E-state index contributed by atoms with van der Waals surface area (Å²) in [7, 11) is 0. The highest BCUT2D eigenvalue weighted by Crippen LogP contribution is 2.19. The van der Waals surface area contributed by atoms with Crippen LogP contribution in [-0.2, 0) is 14.3 Å². The summed E-state index contributed by atoms with van der Waals surface area (Å²) >= 11 is 0. The van der Waals surface area contributed by atoms with Gasteiger partial charge in [-0.05, 0) is 64.2 Å². The maximum atomic E-state index is 13.3. The first-order valence-electron chi connectivity index (χ1n) is 29.2. The molecular weight excluding hydrogens is 815 g/mol. The molecule has 0 aromatic carbocycles. The number of hydrogen-bond acceptors (Lipinski definition) is 5. The predicted octanol–water partition coefficient (Wildman–Crippen LogP) is 18.0. The Morgan fingerprint density at radius 2 is 0.773 bits per heavy atom. The molecule has 66 heavy (non-hydrogen) atoms. The van der Waals surface area contributed by atoms with E-state index < -0.39 is 18.2 Å². The Kier molecular flexibility index (Phi) is 52.5. The lowest BCUT2D eigenvalue weighted by molar-refractivity contribution is -0.151. The molecule has 6 heteroatoms. The molecule has 0 aromatic rings. The van der Waals surface area contributed by atoms with E-state index in [1.54, 1.807) is 0 Å². The van der Waals surface area contributed by atoms with Crippen molar-refractivity contribution in [2.45, 2.75) is 328 Å². The molecule has 3 unspecified atom stereocenters. The van der Waals surface area contributed by atoms with E-state index in [0.717, 1.165) is 64.2 Å². The zero-order valence-electron chi connectivity index (χ0n) is 44.3. The van der Waals surface area contributed by atoms with Crippen LogP contribution in [0.2, 0.25) is 0 Å². The van der Waals surface area contributed by atoms with Gasteiger partial charge in [-0.3, -0.25) is 9.59 Å². The maximum absolute atomic E-state index is 13.3. The lowest BCUT2D eigenvalue weighted by atomic mass is 10.0. The molecule has 3 atom stereocenters. The molecule has 0 fully saturated rings. The Hall–Kier alpha value is -1.92. The number of aliphatic hydroxyl groups excluding tert-OH is 2. The highest BCUT2D eigenvalue weighted by molar-refractivity contribution is 5.77. The first kappa shape index (κ1) is 64.1. The molecular formula is C60H113NO5. The summed E-state index contributed by atoms with van der Waals surface area (Å²) in [5, 5.41) is 23.9. The van der Waals surface area contributed by atoms with Crippen LogP contribution in [0.15, 0.2) is 36.5 Å². The number of aliphatic hydroxyl groups is 2. The number of carbonyl (C=O) groups is 2. The van der Waals surface area contributed by atoms with E-state index in [1.165, 1.54) is 199 Å². The Labute approximate surface area is 411 Å². The monoisotopic (exact) mass is 928 g/mol. The number of hydrogen-bond donors (Lipinski definition) is 3. The average Bonchev–Trinajstić information content (AvgIpc) is 3.31. The molecule has 6 nitrogen and oxygen atoms in total. The Morgan fingerprint density at radius 1 is 0.439 bits per heavy atom. The second kappa shape index (κ2) is 54.0. The van der Waals surface area contributed by atoms with E-state index in [9.17, 15) is 19.8 Å². The molecule has 3 N–H and O–H groups in total. The lowest BCUT2D eigenvalue weighted by Gasteiger charge is -2.24. The number of unbranched alkanes of at least 4 members (excludes halogenated alkanes) is 35. The van der Waals surface area contributed by atoms with E-state index >= 15 is 0 Å². The van der Waals surface area contributed by atoms with Gasteiger partial charge in [0.2, 0.25) is 5.91 Å². The van der Waals surface area contributed by atoms with Gasteiger partial charge >= 0.3 is 5.97 Å². The number of ether oxygens (including phenoxy) is 1. The zero-order chi connectivity index (χ0) is 48.1. The van der Waals surface area contributed by atoms with E-state index in [2.05, 4.69) is 62.5 Å². The van der Waals surface area contributed by atoms with Crippen molar-refractivity contribution >= 4 is 11.9 Å². The SMILES string of the molecule is CCCCC/C=C\C/C=C\C/C=C\CCCCCCCCC(=O)OC(CCCCCCCCCCCCCCCCCC)CC(=O)NC(CO)C(O)CCCCCCCCCCCCCC. The largest absolute Gasteiger partial charge is 0.462 e. The van der Waals surface area contributed by atoms with Crippen molar-refractivity contribution in [2.75, 3.05) is 6.61 Å². The van der Waals surface area contributed by atoms with Crippen LogP contribution in [0.5, 0.6) is 0 Å². The normalized spacial score (nSPS) is 13.3. The van der Waals surface area contributed by atoms with Crippen molar-refractivity contribution in [3.8, 4) is 0 Å². The summed E-state index contributed by atoms with van der Waals surface area (Å²) in [4.78, 5) is 26.3. The van der Waals surface area contributed by atoms with Gasteiger partial charge in [-0.25, -0.2) is 0 Å². The van der Waals surface area contributed by atoms with Gasteiger partial charge in [0, 0.05) is 6.42 Å². The van der Waals surface area contributed by atoms with Gasteiger partial charge < -0.3 is 20.3 Å². The molecule has 0 bridgehead atoms. The molecule has 0 aliphatic carbocycles. The van der Waals surface area contributed by atoms with Crippen LogP contribution in [0.3, 0.4) is 0 Å². The molecule has 0 spiro atoms. The third-order valence-corrected chi connectivity index (χ3v) is 13.5. The predicted molar refractivity (Wildman–Crippen MR) is 287 cm³/mol. The van der Waals surface area contributed by atoms with Crippen molar-refractivity contribution in [3.05, 3.63) is 36.5 Å². The lowest BCUT2D eigenvalue weighted by Crippen LogP contribution is -2.46. The Morgan fingerprint density at radius 3 is 1.20 bits per heavy atom. The molecule has 0 aliphatic rings. The minimum absolute atomic E-state index is 0.0770. The van der Waals surface area contributed by atoms with E-state index in [-0.39, 0.29) is 24.9 Å². The highest BCUT2D eigenvalue weighted by atomic mass is 16.5. The van der Waals surface area contributed by atoms with E-state index in [4.69, 9.17) is 4.74 Å². The fourth-order valence-corrected chi connectivity index (χ4v) is 9.03. The summed E-state index contributed by atoms with van der Waals surface area (Å²) in [6.45, 7) is 6.49. The van der Waals surface area contributed by atoms with Gasteiger partial charge in [0.05, 0.1) is 25.2 Å². The number of allylic oxidation sites excluding steroid dienone is 6. The minimum atomic E-state index is -0.787. The third-order valence-electron chi connectivity index (χ3n) is 13.5. The minimum Gasteiger partial charge on any atom is -0.462 e. The van der Waals surface area contributed by atoms with Crippen LogP contribution in [0.1, 0.15) is 310 Å². The van der Waals surface area contributed by atoms with E-state index in [1.807, 2.05) is 0 Å². The molecule has 0 aliphatic heterocycles. The summed E-state index contributed by atoms with van der Waals surface area (Å²) in [5.74, 6) is -0.471. The fraction of sp³-hybridized carbons (Fsp3) is 0.867. The van der Waals surface area contributed by atoms with Gasteiger partial charge in [0.25, 0.3) is 0 Å². The van der Waals surface area contributed by atoms with Crippen molar-refractivity contribution in [1.82, 2.24) is 5.32 Å². The second-order valence-electron chi connectivity index (χ2n) is 20.1. The molecule has 0 aromatic heterocycles. The summed E-state index contributed by atoms with van der Waals surface area (Å²) in [6.07, 6.45) is 64.9. The van der Waals surface area contributed by atoms with E-state index in [0.29, 0.717) is 19.3 Å². The molecule has 0 heterocycles. The van der Waals surface area contributed by atoms with Gasteiger partial charge in [-0.2, -0.15) is 0 Å².